The van der Waals surface area contributed by atoms with Gasteiger partial charge in [0.05, 0.1) is 33.5 Å². The highest BCUT2D eigenvalue weighted by molar-refractivity contribution is 6.22. The number of fused-ring (bicyclic) bond motifs is 10. The van der Waals surface area contributed by atoms with Gasteiger partial charge in [-0.15, -0.1) is 0 Å². The lowest BCUT2D eigenvalue weighted by molar-refractivity contribution is 0.929. The second-order valence-electron chi connectivity index (χ2n) is 14.8. The first kappa shape index (κ1) is 31.1. The molecule has 1 aliphatic carbocycles. The van der Waals surface area contributed by atoms with Gasteiger partial charge in [-0.1, -0.05) is 140 Å². The van der Waals surface area contributed by atoms with Crippen LogP contribution in [0.3, 0.4) is 0 Å². The van der Waals surface area contributed by atoms with Crippen LogP contribution in [0.25, 0.3) is 105 Å². The fourth-order valence-corrected chi connectivity index (χ4v) is 9.33. The van der Waals surface area contributed by atoms with E-state index in [1.165, 1.54) is 65.4 Å². The van der Waals surface area contributed by atoms with Crippen molar-refractivity contribution in [2.45, 2.75) is 12.8 Å². The summed E-state index contributed by atoms with van der Waals surface area (Å²) in [7, 11) is 0. The highest BCUT2D eigenvalue weighted by Crippen LogP contribution is 2.43. The summed E-state index contributed by atoms with van der Waals surface area (Å²) in [6, 6.07) is 61.3. The number of para-hydroxylation sites is 3. The van der Waals surface area contributed by atoms with E-state index in [9.17, 15) is 0 Å². The number of benzene rings is 8. The van der Waals surface area contributed by atoms with Crippen LogP contribution < -0.4 is 0 Å². The van der Waals surface area contributed by atoms with Crippen molar-refractivity contribution in [2.75, 3.05) is 0 Å². The zero-order valence-corrected chi connectivity index (χ0v) is 30.5. The first-order valence-corrected chi connectivity index (χ1v) is 19.4. The van der Waals surface area contributed by atoms with E-state index in [2.05, 4.69) is 191 Å². The van der Waals surface area contributed by atoms with Crippen LogP contribution >= 0.6 is 0 Å². The molecular weight excluding hydrogens is 681 g/mol. The molecule has 0 amide bonds. The average molecular weight is 715 g/mol. The third-order valence-corrected chi connectivity index (χ3v) is 11.8. The van der Waals surface area contributed by atoms with Gasteiger partial charge in [0.2, 0.25) is 5.95 Å². The molecule has 0 bridgehead atoms. The topological polar surface area (TPSA) is 35.6 Å². The van der Waals surface area contributed by atoms with Crippen LogP contribution in [0.2, 0.25) is 0 Å². The van der Waals surface area contributed by atoms with E-state index in [0.29, 0.717) is 5.95 Å². The van der Waals surface area contributed by atoms with Crippen molar-refractivity contribution in [1.29, 1.82) is 0 Å². The van der Waals surface area contributed by atoms with Crippen molar-refractivity contribution >= 4 is 71.2 Å². The van der Waals surface area contributed by atoms with Crippen LogP contribution in [0.1, 0.15) is 17.7 Å². The average Bonchev–Trinajstić information content (AvgIpc) is 3.78. The molecule has 0 saturated heterocycles. The Hall–Kier alpha value is -7.30. The lowest BCUT2D eigenvalue weighted by Crippen LogP contribution is -2.06. The largest absolute Gasteiger partial charge is 0.309 e. The molecule has 11 aromatic rings. The number of aryl methyl sites for hydroxylation is 1. The minimum Gasteiger partial charge on any atom is -0.309 e. The van der Waals surface area contributed by atoms with Crippen molar-refractivity contribution in [3.8, 4) is 34.0 Å². The molecule has 56 heavy (non-hydrogen) atoms. The van der Waals surface area contributed by atoms with Crippen LogP contribution in [-0.4, -0.2) is 19.1 Å². The fraction of sp³-hybridized carbons (Fsp3) is 0.0385. The SMILES string of the molecule is C1=Cc2c(c3ccc(-c4cc5c6ccccc6n(-c6ccccc6)c5c5ccccc45)cc3n2-c2nc(-c3cccc4ccccc34)c3ccccc3n2)CC1. The molecule has 0 spiro atoms. The maximum absolute atomic E-state index is 5.50. The molecule has 0 aliphatic heterocycles. The molecule has 3 aromatic heterocycles. The third-order valence-electron chi connectivity index (χ3n) is 11.8. The second kappa shape index (κ2) is 12.1. The fourth-order valence-electron chi connectivity index (χ4n) is 9.33. The van der Waals surface area contributed by atoms with Gasteiger partial charge in [-0.05, 0) is 88.2 Å². The second-order valence-corrected chi connectivity index (χ2v) is 14.8. The van der Waals surface area contributed by atoms with Gasteiger partial charge in [0.15, 0.2) is 0 Å². The molecule has 4 heteroatoms. The summed E-state index contributed by atoms with van der Waals surface area (Å²) in [5.74, 6) is 0.688. The van der Waals surface area contributed by atoms with Crippen molar-refractivity contribution in [1.82, 2.24) is 19.1 Å². The van der Waals surface area contributed by atoms with Gasteiger partial charge < -0.3 is 4.57 Å². The number of allylic oxidation sites excluding steroid dienone is 1. The van der Waals surface area contributed by atoms with E-state index in [-0.39, 0.29) is 0 Å². The summed E-state index contributed by atoms with van der Waals surface area (Å²) in [6.45, 7) is 0. The summed E-state index contributed by atoms with van der Waals surface area (Å²) < 4.78 is 4.74. The Labute approximate surface area is 323 Å². The molecule has 3 heterocycles. The van der Waals surface area contributed by atoms with Gasteiger partial charge in [0.25, 0.3) is 0 Å². The molecule has 0 atom stereocenters. The quantitative estimate of drug-likeness (QED) is 0.182. The zero-order valence-electron chi connectivity index (χ0n) is 30.5. The van der Waals surface area contributed by atoms with Crippen LogP contribution in [0, 0.1) is 0 Å². The monoisotopic (exact) mass is 714 g/mol. The van der Waals surface area contributed by atoms with E-state index in [1.807, 2.05) is 0 Å². The predicted octanol–water partition coefficient (Wildman–Crippen LogP) is 13.3. The number of hydrogen-bond acceptors (Lipinski definition) is 2. The van der Waals surface area contributed by atoms with Crippen LogP contribution in [0.5, 0.6) is 0 Å². The third kappa shape index (κ3) is 4.53. The van der Waals surface area contributed by atoms with Gasteiger partial charge in [0.1, 0.15) is 0 Å². The van der Waals surface area contributed by atoms with E-state index in [1.54, 1.807) is 0 Å². The van der Waals surface area contributed by atoms with Gasteiger partial charge in [0, 0.05) is 38.2 Å². The van der Waals surface area contributed by atoms with Gasteiger partial charge in [-0.2, -0.15) is 0 Å². The normalized spacial score (nSPS) is 12.8. The van der Waals surface area contributed by atoms with Crippen LogP contribution in [0.15, 0.2) is 176 Å². The van der Waals surface area contributed by atoms with E-state index in [4.69, 9.17) is 9.97 Å². The first-order chi connectivity index (χ1) is 27.8. The molecule has 4 nitrogen and oxygen atoms in total. The summed E-state index contributed by atoms with van der Waals surface area (Å²) in [4.78, 5) is 10.8. The number of rotatable bonds is 4. The van der Waals surface area contributed by atoms with Crippen molar-refractivity contribution in [3.63, 3.8) is 0 Å². The zero-order chi connectivity index (χ0) is 36.7. The summed E-state index contributed by atoms with van der Waals surface area (Å²) in [6.07, 6.45) is 6.55. The maximum Gasteiger partial charge on any atom is 0.235 e. The highest BCUT2D eigenvalue weighted by atomic mass is 15.2. The maximum atomic E-state index is 5.50. The molecule has 1 aliphatic rings. The standard InChI is InChI=1S/C52H34N4/c1-2-17-35(18-3-1)55-47-27-12-10-22-39(47)45-32-44(37-20-6-7-23-42(37)51(45)55)34-29-30-40-38-21-9-13-28-48(38)56(49(40)31-34)52-53-46-26-11-8-24-43(46)50(54-52)41-25-14-16-33-15-4-5-19-36(33)41/h1-8,10-20,22-32H,9,21H2. The minimum atomic E-state index is 0.688. The van der Waals surface area contributed by atoms with E-state index in [0.717, 1.165) is 51.9 Å². The molecular formula is C52H34N4. The Morgan fingerprint density at radius 2 is 1.20 bits per heavy atom. The Bertz CT molecular complexity index is 3410. The Kier molecular flexibility index (Phi) is 6.72. The van der Waals surface area contributed by atoms with E-state index < -0.39 is 0 Å². The summed E-state index contributed by atoms with van der Waals surface area (Å²) in [5.41, 5.74) is 12.6. The minimum absolute atomic E-state index is 0.688. The Morgan fingerprint density at radius 1 is 0.464 bits per heavy atom. The number of nitrogens with zero attached hydrogens (tertiary/aromatic N) is 4. The van der Waals surface area contributed by atoms with Crippen molar-refractivity contribution in [2.24, 2.45) is 0 Å². The van der Waals surface area contributed by atoms with Crippen LogP contribution in [0.4, 0.5) is 0 Å². The van der Waals surface area contributed by atoms with Gasteiger partial charge in [-0.3, -0.25) is 4.57 Å². The molecule has 0 radical (unpaired) electrons. The Balaban J connectivity index is 1.14. The molecule has 0 saturated carbocycles. The molecule has 0 N–H and O–H groups in total. The molecule has 8 aromatic carbocycles. The van der Waals surface area contributed by atoms with Crippen molar-refractivity contribution in [3.05, 3.63) is 187 Å². The highest BCUT2D eigenvalue weighted by Gasteiger charge is 2.24. The molecule has 12 rings (SSSR count). The number of hydrogen-bond donors (Lipinski definition) is 0. The Morgan fingerprint density at radius 3 is 2.09 bits per heavy atom. The molecule has 262 valence electrons. The van der Waals surface area contributed by atoms with Crippen LogP contribution in [-0.2, 0) is 6.42 Å². The predicted molar refractivity (Wildman–Crippen MR) is 234 cm³/mol. The smallest absolute Gasteiger partial charge is 0.235 e. The molecule has 0 unspecified atom stereocenters. The first-order valence-electron chi connectivity index (χ1n) is 19.4. The van der Waals surface area contributed by atoms with Gasteiger partial charge in [-0.25, -0.2) is 9.97 Å². The summed E-state index contributed by atoms with van der Waals surface area (Å²) in [5, 5.41) is 9.62. The van der Waals surface area contributed by atoms with Crippen molar-refractivity contribution < 1.29 is 0 Å². The lowest BCUT2D eigenvalue weighted by Gasteiger charge is -2.15. The lowest BCUT2D eigenvalue weighted by atomic mass is 9.94. The summed E-state index contributed by atoms with van der Waals surface area (Å²) >= 11 is 0. The molecule has 0 fully saturated rings. The number of aromatic nitrogens is 4. The van der Waals surface area contributed by atoms with E-state index >= 15 is 0 Å². The van der Waals surface area contributed by atoms with Gasteiger partial charge >= 0.3 is 0 Å².